The Morgan fingerprint density at radius 1 is 1.39 bits per heavy atom. The number of sulfonamides is 1. The zero-order chi connectivity index (χ0) is 13.9. The van der Waals surface area contributed by atoms with Crippen LogP contribution in [0.1, 0.15) is 39.3 Å². The normalized spacial score (nSPS) is 14.1. The Bertz CT molecular complexity index is 495. The van der Waals surface area contributed by atoms with E-state index in [-0.39, 0.29) is 14.7 Å². The quantitative estimate of drug-likeness (QED) is 0.877. The molecule has 1 aromatic heterocycles. The molecule has 104 valence electrons. The van der Waals surface area contributed by atoms with Gasteiger partial charge in [-0.3, -0.25) is 0 Å². The number of halogens is 1. The molecule has 0 bridgehead atoms. The molecular weight excluding hydrogens is 292 g/mol. The Hall–Kier alpha value is -0.170. The molecule has 0 aromatic carbocycles. The molecule has 0 amide bonds. The first-order chi connectivity index (χ1) is 8.31. The lowest BCUT2D eigenvalue weighted by atomic mass is 9.96. The Kier molecular flexibility index (Phi) is 5.58. The lowest BCUT2D eigenvalue weighted by molar-refractivity contribution is 0.391. The molecule has 0 aliphatic carbocycles. The fraction of sp³-hybridized carbons (Fsp3) is 0.727. The van der Waals surface area contributed by atoms with E-state index in [1.807, 2.05) is 6.92 Å². The van der Waals surface area contributed by atoms with Gasteiger partial charge in [0.05, 0.1) is 5.69 Å². The number of rotatable bonds is 6. The van der Waals surface area contributed by atoms with E-state index in [0.29, 0.717) is 11.6 Å². The SMILES string of the molecule is CCC(CC)C(C)NS(=O)(=O)c1sc(Cl)nc1C. The Labute approximate surface area is 118 Å². The van der Waals surface area contributed by atoms with E-state index in [2.05, 4.69) is 23.6 Å². The Balaban J connectivity index is 2.92. The van der Waals surface area contributed by atoms with E-state index >= 15 is 0 Å². The van der Waals surface area contributed by atoms with Crippen molar-refractivity contribution in [2.24, 2.45) is 5.92 Å². The Morgan fingerprint density at radius 2 is 1.94 bits per heavy atom. The maximum Gasteiger partial charge on any atom is 0.252 e. The van der Waals surface area contributed by atoms with Crippen LogP contribution in [0.2, 0.25) is 4.47 Å². The van der Waals surface area contributed by atoms with E-state index in [4.69, 9.17) is 11.6 Å². The molecule has 0 saturated heterocycles. The van der Waals surface area contributed by atoms with E-state index in [9.17, 15) is 8.42 Å². The molecule has 1 aromatic rings. The third-order valence-electron chi connectivity index (χ3n) is 3.07. The van der Waals surface area contributed by atoms with E-state index < -0.39 is 10.0 Å². The monoisotopic (exact) mass is 310 g/mol. The second-order valence-corrected chi connectivity index (χ2v) is 7.82. The van der Waals surface area contributed by atoms with Crippen molar-refractivity contribution in [3.63, 3.8) is 0 Å². The predicted octanol–water partition coefficient (Wildman–Crippen LogP) is 3.21. The molecule has 0 saturated carbocycles. The smallest absolute Gasteiger partial charge is 0.229 e. The van der Waals surface area contributed by atoms with Crippen LogP contribution in [0.5, 0.6) is 0 Å². The largest absolute Gasteiger partial charge is 0.252 e. The number of nitrogens with zero attached hydrogens (tertiary/aromatic N) is 1. The summed E-state index contributed by atoms with van der Waals surface area (Å²) >= 11 is 6.73. The average molecular weight is 311 g/mol. The number of hydrogen-bond donors (Lipinski definition) is 1. The van der Waals surface area contributed by atoms with Gasteiger partial charge in [0.2, 0.25) is 0 Å². The van der Waals surface area contributed by atoms with Crippen LogP contribution in [0.15, 0.2) is 4.21 Å². The summed E-state index contributed by atoms with van der Waals surface area (Å²) in [5.74, 6) is 0.337. The van der Waals surface area contributed by atoms with E-state index in [1.54, 1.807) is 6.92 Å². The average Bonchev–Trinajstić information content (AvgIpc) is 2.59. The zero-order valence-electron chi connectivity index (χ0n) is 11.0. The lowest BCUT2D eigenvalue weighted by Gasteiger charge is -2.21. The van der Waals surface area contributed by atoms with Gasteiger partial charge in [0.1, 0.15) is 0 Å². The fourth-order valence-corrected chi connectivity index (χ4v) is 5.06. The summed E-state index contributed by atoms with van der Waals surface area (Å²) in [5, 5.41) is 0. The van der Waals surface area contributed by atoms with Gasteiger partial charge in [0.25, 0.3) is 10.0 Å². The third-order valence-corrected chi connectivity index (χ3v) is 6.50. The summed E-state index contributed by atoms with van der Waals surface area (Å²) in [6, 6.07) is -0.0923. The Morgan fingerprint density at radius 3 is 2.33 bits per heavy atom. The molecule has 0 aliphatic rings. The van der Waals surface area contributed by atoms with Crippen molar-refractivity contribution in [1.29, 1.82) is 0 Å². The number of thiazole rings is 1. The first kappa shape index (κ1) is 15.9. The molecule has 18 heavy (non-hydrogen) atoms. The minimum atomic E-state index is -3.51. The fourth-order valence-electron chi connectivity index (χ4n) is 1.99. The molecule has 1 heterocycles. The second kappa shape index (κ2) is 6.32. The van der Waals surface area contributed by atoms with Crippen LogP contribution < -0.4 is 4.72 Å². The molecule has 1 atom stereocenters. The topological polar surface area (TPSA) is 59.1 Å². The van der Waals surface area contributed by atoms with Crippen LogP contribution in [-0.2, 0) is 10.0 Å². The molecule has 0 spiro atoms. The first-order valence-corrected chi connectivity index (χ1v) is 8.64. The van der Waals surface area contributed by atoms with Crippen molar-refractivity contribution in [2.45, 2.75) is 50.8 Å². The van der Waals surface area contributed by atoms with Gasteiger partial charge in [-0.1, -0.05) is 49.6 Å². The van der Waals surface area contributed by atoms with Gasteiger partial charge in [-0.25, -0.2) is 18.1 Å². The van der Waals surface area contributed by atoms with E-state index in [1.165, 1.54) is 0 Å². The van der Waals surface area contributed by atoms with Crippen LogP contribution in [0.4, 0.5) is 0 Å². The molecule has 1 N–H and O–H groups in total. The third kappa shape index (κ3) is 3.66. The molecule has 0 radical (unpaired) electrons. The van der Waals surface area contributed by atoms with Gasteiger partial charge in [-0.15, -0.1) is 0 Å². The molecule has 1 unspecified atom stereocenters. The maximum absolute atomic E-state index is 12.2. The molecule has 7 heteroatoms. The van der Waals surface area contributed by atoms with Gasteiger partial charge in [0, 0.05) is 6.04 Å². The van der Waals surface area contributed by atoms with Gasteiger partial charge >= 0.3 is 0 Å². The summed E-state index contributed by atoms with van der Waals surface area (Å²) in [4.78, 5) is 3.93. The van der Waals surface area contributed by atoms with Crippen LogP contribution in [0.25, 0.3) is 0 Å². The molecular formula is C11H19ClN2O2S2. The van der Waals surface area contributed by atoms with Gasteiger partial charge < -0.3 is 0 Å². The van der Waals surface area contributed by atoms with Crippen LogP contribution in [0, 0.1) is 12.8 Å². The van der Waals surface area contributed by atoms with Crippen molar-refractivity contribution >= 4 is 33.0 Å². The van der Waals surface area contributed by atoms with Crippen molar-refractivity contribution in [2.75, 3.05) is 0 Å². The van der Waals surface area contributed by atoms with Gasteiger partial charge in [-0.2, -0.15) is 0 Å². The summed E-state index contributed by atoms with van der Waals surface area (Å²) in [6.45, 7) is 7.67. The number of aryl methyl sites for hydroxylation is 1. The van der Waals surface area contributed by atoms with E-state index in [0.717, 1.165) is 24.2 Å². The van der Waals surface area contributed by atoms with Crippen LogP contribution in [0.3, 0.4) is 0 Å². The highest BCUT2D eigenvalue weighted by Crippen LogP contribution is 2.27. The lowest BCUT2D eigenvalue weighted by Crippen LogP contribution is -2.37. The molecule has 0 aliphatic heterocycles. The van der Waals surface area contributed by atoms with Gasteiger partial charge in [-0.05, 0) is 19.8 Å². The molecule has 4 nitrogen and oxygen atoms in total. The standard InChI is InChI=1S/C11H19ClN2O2S2/c1-5-9(6-2)7(3)14-18(15,16)10-8(4)13-11(12)17-10/h7,9,14H,5-6H2,1-4H3. The highest BCUT2D eigenvalue weighted by Gasteiger charge is 2.25. The summed E-state index contributed by atoms with van der Waals surface area (Å²) in [5.41, 5.74) is 0.453. The minimum absolute atomic E-state index is 0.0923. The molecule has 1 rings (SSSR count). The summed E-state index contributed by atoms with van der Waals surface area (Å²) in [7, 11) is -3.51. The van der Waals surface area contributed by atoms with Crippen molar-refractivity contribution in [3.05, 3.63) is 10.2 Å². The first-order valence-electron chi connectivity index (χ1n) is 5.97. The number of nitrogens with one attached hydrogen (secondary N) is 1. The number of aromatic nitrogens is 1. The van der Waals surface area contributed by atoms with Crippen molar-refractivity contribution in [1.82, 2.24) is 9.71 Å². The van der Waals surface area contributed by atoms with Crippen LogP contribution in [-0.4, -0.2) is 19.4 Å². The van der Waals surface area contributed by atoms with Crippen molar-refractivity contribution in [3.8, 4) is 0 Å². The number of hydrogen-bond acceptors (Lipinski definition) is 4. The van der Waals surface area contributed by atoms with Crippen molar-refractivity contribution < 1.29 is 8.42 Å². The highest BCUT2D eigenvalue weighted by atomic mass is 35.5. The second-order valence-electron chi connectivity index (χ2n) is 4.33. The maximum atomic E-state index is 12.2. The predicted molar refractivity (Wildman–Crippen MR) is 75.7 cm³/mol. The summed E-state index contributed by atoms with van der Waals surface area (Å²) in [6.07, 6.45) is 1.89. The summed E-state index contributed by atoms with van der Waals surface area (Å²) < 4.78 is 27.6. The van der Waals surface area contributed by atoms with Gasteiger partial charge in [0.15, 0.2) is 8.68 Å². The zero-order valence-corrected chi connectivity index (χ0v) is 13.4. The van der Waals surface area contributed by atoms with Crippen LogP contribution >= 0.6 is 22.9 Å². The highest BCUT2D eigenvalue weighted by molar-refractivity contribution is 7.91. The minimum Gasteiger partial charge on any atom is -0.229 e. The molecule has 0 fully saturated rings.